The van der Waals surface area contributed by atoms with Crippen LogP contribution in [0.1, 0.15) is 23.2 Å². The number of hydrogen-bond donors (Lipinski definition) is 1. The van der Waals surface area contributed by atoms with E-state index in [0.29, 0.717) is 5.76 Å². The van der Waals surface area contributed by atoms with Crippen LogP contribution < -0.4 is 5.43 Å². The molecule has 1 unspecified atom stereocenters. The summed E-state index contributed by atoms with van der Waals surface area (Å²) in [7, 11) is 1.48. The molecule has 0 saturated carbocycles. The molecule has 0 bridgehead atoms. The minimum Gasteiger partial charge on any atom is -0.459 e. The molecule has 1 aromatic heterocycles. The van der Waals surface area contributed by atoms with Crippen molar-refractivity contribution < 1.29 is 13.9 Å². The molecule has 0 radical (unpaired) electrons. The SMILES string of the molecule is COC(C(=O)NN=Cc1cc(Br)c(C)o1)c1ccccc1. The number of ether oxygens (including phenoxy) is 1. The molecule has 5 nitrogen and oxygen atoms in total. The van der Waals surface area contributed by atoms with Gasteiger partial charge >= 0.3 is 0 Å². The van der Waals surface area contributed by atoms with Gasteiger partial charge in [-0.15, -0.1) is 0 Å². The Morgan fingerprint density at radius 1 is 1.43 bits per heavy atom. The molecule has 1 N–H and O–H groups in total. The average Bonchev–Trinajstić information content (AvgIpc) is 2.79. The number of hydrazone groups is 1. The van der Waals surface area contributed by atoms with E-state index in [1.165, 1.54) is 13.3 Å². The van der Waals surface area contributed by atoms with E-state index in [2.05, 4.69) is 26.5 Å². The van der Waals surface area contributed by atoms with Crippen molar-refractivity contribution in [3.8, 4) is 0 Å². The second-order valence-corrected chi connectivity index (χ2v) is 5.17. The topological polar surface area (TPSA) is 63.8 Å². The van der Waals surface area contributed by atoms with Crippen molar-refractivity contribution >= 4 is 28.1 Å². The predicted octanol–water partition coefficient (Wildman–Crippen LogP) is 3.19. The third-order valence-corrected chi connectivity index (χ3v) is 3.61. The number of nitrogens with one attached hydrogen (secondary N) is 1. The molecule has 0 spiro atoms. The van der Waals surface area contributed by atoms with Gasteiger partial charge in [0.2, 0.25) is 0 Å². The lowest BCUT2D eigenvalue weighted by atomic mass is 10.1. The van der Waals surface area contributed by atoms with Crippen LogP contribution in [-0.4, -0.2) is 19.2 Å². The fourth-order valence-corrected chi connectivity index (χ4v) is 2.09. The molecule has 0 aliphatic heterocycles. The zero-order valence-corrected chi connectivity index (χ0v) is 13.3. The summed E-state index contributed by atoms with van der Waals surface area (Å²) in [4.78, 5) is 12.0. The molecule has 0 saturated heterocycles. The second-order valence-electron chi connectivity index (χ2n) is 4.31. The van der Waals surface area contributed by atoms with Crippen LogP contribution in [0.25, 0.3) is 0 Å². The Labute approximate surface area is 131 Å². The van der Waals surface area contributed by atoms with E-state index in [4.69, 9.17) is 9.15 Å². The minimum absolute atomic E-state index is 0.345. The van der Waals surface area contributed by atoms with Gasteiger partial charge in [-0.3, -0.25) is 4.79 Å². The quantitative estimate of drug-likeness (QED) is 0.665. The van der Waals surface area contributed by atoms with Gasteiger partial charge in [0.15, 0.2) is 6.10 Å². The lowest BCUT2D eigenvalue weighted by Gasteiger charge is -2.13. The Balaban J connectivity index is 2.00. The van der Waals surface area contributed by atoms with Crippen molar-refractivity contribution in [3.05, 3.63) is 58.0 Å². The summed E-state index contributed by atoms with van der Waals surface area (Å²) >= 11 is 3.34. The van der Waals surface area contributed by atoms with Crippen LogP contribution in [0.4, 0.5) is 0 Å². The summed E-state index contributed by atoms with van der Waals surface area (Å²) in [5.41, 5.74) is 3.21. The number of rotatable bonds is 5. The third-order valence-electron chi connectivity index (χ3n) is 2.82. The standard InChI is InChI=1S/C15H15BrN2O3/c1-10-13(16)8-12(21-10)9-17-18-15(19)14(20-2)11-6-4-3-5-7-11/h3-9,14H,1-2H3,(H,18,19). The number of hydrogen-bond acceptors (Lipinski definition) is 4. The summed E-state index contributed by atoms with van der Waals surface area (Å²) in [5.74, 6) is 0.956. The normalized spacial score (nSPS) is 12.5. The fourth-order valence-electron chi connectivity index (χ4n) is 1.79. The van der Waals surface area contributed by atoms with E-state index in [-0.39, 0.29) is 5.91 Å². The summed E-state index contributed by atoms with van der Waals surface area (Å²) < 4.78 is 11.5. The number of furan rings is 1. The van der Waals surface area contributed by atoms with Gasteiger partial charge in [-0.2, -0.15) is 5.10 Å². The summed E-state index contributed by atoms with van der Waals surface area (Å²) in [6, 6.07) is 11.0. The lowest BCUT2D eigenvalue weighted by Crippen LogP contribution is -2.26. The van der Waals surface area contributed by atoms with Crippen LogP contribution in [0, 0.1) is 6.92 Å². The fraction of sp³-hybridized carbons (Fsp3) is 0.200. The number of methoxy groups -OCH3 is 1. The first kappa shape index (κ1) is 15.5. The Kier molecular flexibility index (Phi) is 5.30. The van der Waals surface area contributed by atoms with Gasteiger partial charge in [-0.1, -0.05) is 30.3 Å². The highest BCUT2D eigenvalue weighted by molar-refractivity contribution is 9.10. The maximum Gasteiger partial charge on any atom is 0.273 e. The van der Waals surface area contributed by atoms with Gasteiger partial charge < -0.3 is 9.15 Å². The summed E-state index contributed by atoms with van der Waals surface area (Å²) in [5, 5.41) is 3.87. The lowest BCUT2D eigenvalue weighted by molar-refractivity contribution is -0.131. The van der Waals surface area contributed by atoms with Crippen molar-refractivity contribution in [3.63, 3.8) is 0 Å². The summed E-state index contributed by atoms with van der Waals surface area (Å²) in [6.07, 6.45) is 0.737. The van der Waals surface area contributed by atoms with E-state index < -0.39 is 6.10 Å². The van der Waals surface area contributed by atoms with Crippen LogP contribution in [-0.2, 0) is 9.53 Å². The number of nitrogens with zero attached hydrogens (tertiary/aromatic N) is 1. The third kappa shape index (κ3) is 4.03. The van der Waals surface area contributed by atoms with E-state index >= 15 is 0 Å². The van der Waals surface area contributed by atoms with Gasteiger partial charge in [0.25, 0.3) is 5.91 Å². The molecule has 6 heteroatoms. The van der Waals surface area contributed by atoms with E-state index in [1.54, 1.807) is 6.07 Å². The van der Waals surface area contributed by atoms with E-state index in [1.807, 2.05) is 37.3 Å². The number of amides is 1. The Hall–Kier alpha value is -1.92. The Morgan fingerprint density at radius 2 is 2.14 bits per heavy atom. The molecular weight excluding hydrogens is 336 g/mol. The molecule has 21 heavy (non-hydrogen) atoms. The smallest absolute Gasteiger partial charge is 0.273 e. The molecule has 2 rings (SSSR count). The molecule has 1 atom stereocenters. The van der Waals surface area contributed by atoms with Gasteiger partial charge in [-0.25, -0.2) is 5.43 Å². The molecule has 2 aromatic rings. The zero-order valence-electron chi connectivity index (χ0n) is 11.7. The first-order valence-corrected chi connectivity index (χ1v) is 7.07. The molecule has 1 heterocycles. The number of aryl methyl sites for hydroxylation is 1. The van der Waals surface area contributed by atoms with Crippen LogP contribution in [0.15, 0.2) is 50.4 Å². The molecule has 0 aliphatic rings. The van der Waals surface area contributed by atoms with Crippen molar-refractivity contribution in [1.82, 2.24) is 5.43 Å². The number of halogens is 1. The van der Waals surface area contributed by atoms with E-state index in [9.17, 15) is 4.79 Å². The Bertz CT molecular complexity index is 618. The van der Waals surface area contributed by atoms with Crippen LogP contribution in [0.2, 0.25) is 0 Å². The summed E-state index contributed by atoms with van der Waals surface area (Å²) in [6.45, 7) is 1.83. The Morgan fingerprint density at radius 3 is 2.71 bits per heavy atom. The largest absolute Gasteiger partial charge is 0.459 e. The van der Waals surface area contributed by atoms with E-state index in [0.717, 1.165) is 15.8 Å². The van der Waals surface area contributed by atoms with Gasteiger partial charge in [-0.05, 0) is 28.4 Å². The first-order chi connectivity index (χ1) is 10.1. The van der Waals surface area contributed by atoms with Crippen molar-refractivity contribution in [1.29, 1.82) is 0 Å². The molecular formula is C15H15BrN2O3. The molecule has 0 fully saturated rings. The van der Waals surface area contributed by atoms with Gasteiger partial charge in [0.1, 0.15) is 11.5 Å². The van der Waals surface area contributed by atoms with Crippen LogP contribution in [0.3, 0.4) is 0 Å². The highest BCUT2D eigenvalue weighted by Gasteiger charge is 2.19. The highest BCUT2D eigenvalue weighted by Crippen LogP contribution is 2.19. The monoisotopic (exact) mass is 350 g/mol. The average molecular weight is 351 g/mol. The maximum absolute atomic E-state index is 12.0. The predicted molar refractivity (Wildman–Crippen MR) is 83.1 cm³/mol. The van der Waals surface area contributed by atoms with Crippen molar-refractivity contribution in [2.45, 2.75) is 13.0 Å². The van der Waals surface area contributed by atoms with Crippen LogP contribution in [0.5, 0.6) is 0 Å². The zero-order chi connectivity index (χ0) is 15.2. The van der Waals surface area contributed by atoms with Gasteiger partial charge in [0, 0.05) is 13.2 Å². The molecule has 1 aromatic carbocycles. The van der Waals surface area contributed by atoms with Crippen LogP contribution >= 0.6 is 15.9 Å². The molecule has 110 valence electrons. The molecule has 1 amide bonds. The first-order valence-electron chi connectivity index (χ1n) is 6.28. The van der Waals surface area contributed by atoms with Gasteiger partial charge in [0.05, 0.1) is 10.7 Å². The molecule has 0 aliphatic carbocycles. The van der Waals surface area contributed by atoms with Crippen molar-refractivity contribution in [2.24, 2.45) is 5.10 Å². The number of carbonyl (C=O) groups is 1. The maximum atomic E-state index is 12.0. The minimum atomic E-state index is -0.701. The highest BCUT2D eigenvalue weighted by atomic mass is 79.9. The van der Waals surface area contributed by atoms with Crippen molar-refractivity contribution in [2.75, 3.05) is 7.11 Å². The number of carbonyl (C=O) groups excluding carboxylic acids is 1. The second kappa shape index (κ2) is 7.19. The number of benzene rings is 1.